The van der Waals surface area contributed by atoms with Crippen LogP contribution in [0.1, 0.15) is 90.8 Å². The summed E-state index contributed by atoms with van der Waals surface area (Å²) in [5.74, 6) is 0.240. The smallest absolute Gasteiger partial charge is 0.306 e. The molecule has 1 aromatic carbocycles. The van der Waals surface area contributed by atoms with E-state index in [9.17, 15) is 9.90 Å². The van der Waals surface area contributed by atoms with Crippen LogP contribution in [-0.4, -0.2) is 17.7 Å². The molecule has 0 saturated heterocycles. The summed E-state index contributed by atoms with van der Waals surface area (Å²) in [5, 5.41) is 10.7. The zero-order chi connectivity index (χ0) is 19.3. The largest absolute Gasteiger partial charge is 0.507 e. The molecule has 1 N–H and O–H groups in total. The number of hydrogen-bond donors (Lipinski definition) is 1. The van der Waals surface area contributed by atoms with E-state index in [1.807, 2.05) is 12.1 Å². The monoisotopic (exact) mass is 348 g/mol. The highest BCUT2D eigenvalue weighted by Gasteiger charge is 2.26. The molecule has 0 heterocycles. The first kappa shape index (κ1) is 21.5. The molecule has 0 amide bonds. The van der Waals surface area contributed by atoms with Crippen molar-refractivity contribution in [3.8, 4) is 5.75 Å². The lowest BCUT2D eigenvalue weighted by Crippen LogP contribution is -2.18. The Morgan fingerprint density at radius 3 is 1.96 bits per heavy atom. The quantitative estimate of drug-likeness (QED) is 0.511. The van der Waals surface area contributed by atoms with Crippen LogP contribution in [0, 0.1) is 0 Å². The van der Waals surface area contributed by atoms with Gasteiger partial charge in [-0.2, -0.15) is 0 Å². The number of esters is 1. The molecule has 3 heteroatoms. The van der Waals surface area contributed by atoms with Crippen molar-refractivity contribution in [1.29, 1.82) is 0 Å². The van der Waals surface area contributed by atoms with Gasteiger partial charge < -0.3 is 9.84 Å². The summed E-state index contributed by atoms with van der Waals surface area (Å²) in [6.07, 6.45) is 4.16. The molecule has 142 valence electrons. The predicted octanol–water partition coefficient (Wildman–Crippen LogP) is 5.65. The zero-order valence-electron chi connectivity index (χ0n) is 17.2. The van der Waals surface area contributed by atoms with Gasteiger partial charge in [0, 0.05) is 6.42 Å². The molecule has 0 aliphatic heterocycles. The van der Waals surface area contributed by atoms with Crippen LogP contribution in [0.3, 0.4) is 0 Å². The maximum Gasteiger partial charge on any atom is 0.306 e. The first-order valence-corrected chi connectivity index (χ1v) is 9.49. The summed E-state index contributed by atoms with van der Waals surface area (Å²) >= 11 is 0. The molecular formula is C22H36O3. The Labute approximate surface area is 153 Å². The third-order valence-electron chi connectivity index (χ3n) is 4.41. The highest BCUT2D eigenvalue weighted by molar-refractivity contribution is 5.69. The van der Waals surface area contributed by atoms with Crippen LogP contribution in [-0.2, 0) is 26.8 Å². The van der Waals surface area contributed by atoms with Crippen LogP contribution in [0.4, 0.5) is 0 Å². The van der Waals surface area contributed by atoms with E-state index < -0.39 is 0 Å². The van der Waals surface area contributed by atoms with E-state index in [1.54, 1.807) is 0 Å². The molecule has 0 fully saturated rings. The Morgan fingerprint density at radius 2 is 1.52 bits per heavy atom. The first-order chi connectivity index (χ1) is 11.5. The lowest BCUT2D eigenvalue weighted by atomic mass is 9.78. The Kier molecular flexibility index (Phi) is 7.52. The average Bonchev–Trinajstić information content (AvgIpc) is 2.48. The van der Waals surface area contributed by atoms with Crippen molar-refractivity contribution in [1.82, 2.24) is 0 Å². The predicted molar refractivity (Wildman–Crippen MR) is 104 cm³/mol. The van der Waals surface area contributed by atoms with Gasteiger partial charge in [-0.05, 0) is 40.4 Å². The topological polar surface area (TPSA) is 46.5 Å². The third kappa shape index (κ3) is 6.72. The molecule has 0 spiro atoms. The highest BCUT2D eigenvalue weighted by atomic mass is 16.5. The third-order valence-corrected chi connectivity index (χ3v) is 4.41. The molecule has 0 bridgehead atoms. The fraction of sp³-hybridized carbons (Fsp3) is 0.682. The Balaban J connectivity index is 2.91. The number of benzene rings is 1. The van der Waals surface area contributed by atoms with Crippen molar-refractivity contribution in [2.75, 3.05) is 6.61 Å². The van der Waals surface area contributed by atoms with E-state index in [2.05, 4.69) is 48.5 Å². The fourth-order valence-corrected chi connectivity index (χ4v) is 2.84. The molecular weight excluding hydrogens is 312 g/mol. The van der Waals surface area contributed by atoms with Crippen molar-refractivity contribution in [2.45, 2.75) is 91.4 Å². The lowest BCUT2D eigenvalue weighted by molar-refractivity contribution is -0.143. The van der Waals surface area contributed by atoms with Crippen LogP contribution in [0.2, 0.25) is 0 Å². The van der Waals surface area contributed by atoms with Crippen LogP contribution >= 0.6 is 0 Å². The van der Waals surface area contributed by atoms with Crippen molar-refractivity contribution < 1.29 is 14.6 Å². The second kappa shape index (κ2) is 8.73. The first-order valence-electron chi connectivity index (χ1n) is 9.49. The maximum absolute atomic E-state index is 11.9. The molecule has 0 radical (unpaired) electrons. The van der Waals surface area contributed by atoms with Crippen molar-refractivity contribution in [3.63, 3.8) is 0 Å². The molecule has 0 aliphatic carbocycles. The number of carbonyl (C=O) groups excluding carboxylic acids is 1. The molecule has 0 unspecified atom stereocenters. The Morgan fingerprint density at radius 1 is 1.00 bits per heavy atom. The van der Waals surface area contributed by atoms with Crippen molar-refractivity contribution >= 4 is 5.97 Å². The lowest BCUT2D eigenvalue weighted by Gasteiger charge is -2.28. The Bertz CT molecular complexity index is 539. The minimum absolute atomic E-state index is 0.140. The van der Waals surface area contributed by atoms with E-state index >= 15 is 0 Å². The van der Waals surface area contributed by atoms with Gasteiger partial charge >= 0.3 is 5.97 Å². The van der Waals surface area contributed by atoms with Crippen molar-refractivity contribution in [3.05, 3.63) is 28.8 Å². The van der Waals surface area contributed by atoms with Gasteiger partial charge in [-0.25, -0.2) is 0 Å². The number of aryl methyl sites for hydroxylation is 1. The van der Waals surface area contributed by atoms with E-state index in [-0.39, 0.29) is 16.8 Å². The number of aromatic hydroxyl groups is 1. The zero-order valence-corrected chi connectivity index (χ0v) is 17.2. The molecule has 0 saturated carbocycles. The van der Waals surface area contributed by atoms with Crippen molar-refractivity contribution in [2.24, 2.45) is 0 Å². The van der Waals surface area contributed by atoms with E-state index in [4.69, 9.17) is 4.74 Å². The summed E-state index contributed by atoms with van der Waals surface area (Å²) in [7, 11) is 0. The van der Waals surface area contributed by atoms with E-state index in [0.29, 0.717) is 25.2 Å². The molecule has 3 nitrogen and oxygen atoms in total. The second-order valence-corrected chi connectivity index (χ2v) is 8.97. The van der Waals surface area contributed by atoms with Gasteiger partial charge in [0.25, 0.3) is 0 Å². The van der Waals surface area contributed by atoms with E-state index in [0.717, 1.165) is 36.0 Å². The van der Waals surface area contributed by atoms with Gasteiger partial charge in [-0.3, -0.25) is 4.79 Å². The molecule has 0 aliphatic rings. The van der Waals surface area contributed by atoms with Gasteiger partial charge in [0.15, 0.2) is 0 Å². The van der Waals surface area contributed by atoms with Crippen LogP contribution in [0.15, 0.2) is 12.1 Å². The highest BCUT2D eigenvalue weighted by Crippen LogP contribution is 2.39. The summed E-state index contributed by atoms with van der Waals surface area (Å²) in [6, 6.07) is 4.07. The minimum atomic E-state index is -0.152. The fourth-order valence-electron chi connectivity index (χ4n) is 2.84. The average molecular weight is 349 g/mol. The van der Waals surface area contributed by atoms with Gasteiger partial charge in [0.1, 0.15) is 5.75 Å². The summed E-state index contributed by atoms with van der Waals surface area (Å²) < 4.78 is 5.30. The van der Waals surface area contributed by atoms with Gasteiger partial charge in [0.05, 0.1) is 6.61 Å². The SMILES string of the molecule is CCCCCOC(=O)CCc1cc(C(C)(C)C)c(O)c(C(C)(C)C)c1. The van der Waals surface area contributed by atoms with Gasteiger partial charge in [-0.15, -0.1) is 0 Å². The number of rotatable bonds is 7. The number of ether oxygens (including phenoxy) is 1. The second-order valence-electron chi connectivity index (χ2n) is 8.97. The summed E-state index contributed by atoms with van der Waals surface area (Å²) in [6.45, 7) is 15.2. The number of phenols is 1. The van der Waals surface area contributed by atoms with Gasteiger partial charge in [-0.1, -0.05) is 73.4 Å². The molecule has 1 aromatic rings. The molecule has 1 rings (SSSR count). The molecule has 0 aromatic heterocycles. The van der Waals surface area contributed by atoms with Gasteiger partial charge in [0.2, 0.25) is 0 Å². The summed E-state index contributed by atoms with van der Waals surface area (Å²) in [5.41, 5.74) is 2.65. The normalized spacial score (nSPS) is 12.3. The number of hydrogen-bond acceptors (Lipinski definition) is 3. The standard InChI is InChI=1S/C22H36O3/c1-8-9-10-13-25-19(23)12-11-16-14-17(21(2,3)4)20(24)18(15-16)22(5,6)7/h14-15,24H,8-13H2,1-7H3. The molecule has 25 heavy (non-hydrogen) atoms. The van der Waals surface area contributed by atoms with Crippen LogP contribution in [0.5, 0.6) is 5.75 Å². The van der Waals surface area contributed by atoms with Crippen LogP contribution in [0.25, 0.3) is 0 Å². The van der Waals surface area contributed by atoms with Crippen LogP contribution < -0.4 is 0 Å². The maximum atomic E-state index is 11.9. The summed E-state index contributed by atoms with van der Waals surface area (Å²) in [4.78, 5) is 11.9. The molecule has 0 atom stereocenters. The Hall–Kier alpha value is -1.51. The van der Waals surface area contributed by atoms with E-state index in [1.165, 1.54) is 0 Å². The minimum Gasteiger partial charge on any atom is -0.507 e. The number of unbranched alkanes of at least 4 members (excludes halogenated alkanes) is 2. The number of phenolic OH excluding ortho intramolecular Hbond substituents is 1. The number of carbonyl (C=O) groups is 1.